The summed E-state index contributed by atoms with van der Waals surface area (Å²) in [5, 5.41) is 12.4. The van der Waals surface area contributed by atoms with Crippen molar-refractivity contribution < 1.29 is 23.0 Å². The standard InChI is InChI=1S/C10H23NO5S/c1-15-5-6-16-9-10(12)8-11-4-3-7-17(2,13)14/h10-12H,3-9H2,1-2H3. The third kappa shape index (κ3) is 13.7. The first-order valence-corrected chi connectivity index (χ1v) is 7.65. The van der Waals surface area contributed by atoms with Crippen LogP contribution >= 0.6 is 0 Å². The maximum Gasteiger partial charge on any atom is 0.147 e. The summed E-state index contributed by atoms with van der Waals surface area (Å²) < 4.78 is 31.6. The minimum absolute atomic E-state index is 0.167. The highest BCUT2D eigenvalue weighted by Gasteiger charge is 2.04. The third-order valence-electron chi connectivity index (χ3n) is 1.99. The van der Waals surface area contributed by atoms with E-state index in [1.165, 1.54) is 6.26 Å². The van der Waals surface area contributed by atoms with Gasteiger partial charge in [0.2, 0.25) is 0 Å². The topological polar surface area (TPSA) is 84.9 Å². The molecule has 0 fully saturated rings. The molecule has 0 saturated heterocycles. The number of aliphatic hydroxyl groups is 1. The van der Waals surface area contributed by atoms with Crippen LogP contribution in [0.2, 0.25) is 0 Å². The van der Waals surface area contributed by atoms with Crippen molar-refractivity contribution in [1.29, 1.82) is 0 Å². The molecule has 104 valence electrons. The second kappa shape index (κ2) is 9.78. The van der Waals surface area contributed by atoms with Crippen LogP contribution in [-0.4, -0.2) is 71.7 Å². The summed E-state index contributed by atoms with van der Waals surface area (Å²) in [7, 11) is -1.30. The molecule has 0 heterocycles. The lowest BCUT2D eigenvalue weighted by Gasteiger charge is -2.12. The summed E-state index contributed by atoms with van der Waals surface area (Å²) in [5.41, 5.74) is 0. The van der Waals surface area contributed by atoms with E-state index >= 15 is 0 Å². The Morgan fingerprint density at radius 3 is 2.65 bits per heavy atom. The van der Waals surface area contributed by atoms with Gasteiger partial charge in [-0.25, -0.2) is 8.42 Å². The number of aliphatic hydroxyl groups excluding tert-OH is 1. The van der Waals surface area contributed by atoms with Gasteiger partial charge in [-0.05, 0) is 13.0 Å². The van der Waals surface area contributed by atoms with E-state index in [0.29, 0.717) is 32.7 Å². The Morgan fingerprint density at radius 2 is 2.06 bits per heavy atom. The predicted molar refractivity (Wildman–Crippen MR) is 65.9 cm³/mol. The Kier molecular flexibility index (Phi) is 9.66. The van der Waals surface area contributed by atoms with Crippen LogP contribution in [-0.2, 0) is 19.3 Å². The van der Waals surface area contributed by atoms with Crippen molar-refractivity contribution in [1.82, 2.24) is 5.32 Å². The van der Waals surface area contributed by atoms with Crippen molar-refractivity contribution in [2.24, 2.45) is 0 Å². The zero-order chi connectivity index (χ0) is 13.1. The average molecular weight is 269 g/mol. The summed E-state index contributed by atoms with van der Waals surface area (Å²) in [4.78, 5) is 0. The zero-order valence-corrected chi connectivity index (χ0v) is 11.3. The second-order valence-electron chi connectivity index (χ2n) is 3.91. The number of hydrogen-bond donors (Lipinski definition) is 2. The molecule has 0 spiro atoms. The molecule has 1 unspecified atom stereocenters. The molecule has 0 aromatic rings. The molecule has 0 saturated carbocycles. The number of rotatable bonds is 11. The molecule has 0 aliphatic carbocycles. The summed E-state index contributed by atoms with van der Waals surface area (Å²) in [6.45, 7) is 2.19. The predicted octanol–water partition coefficient (Wildman–Crippen LogP) is -0.965. The summed E-state index contributed by atoms with van der Waals surface area (Å²) in [6.07, 6.45) is 1.19. The monoisotopic (exact) mass is 269 g/mol. The first-order valence-electron chi connectivity index (χ1n) is 5.59. The van der Waals surface area contributed by atoms with E-state index in [2.05, 4.69) is 5.32 Å². The number of sulfone groups is 1. The first-order chi connectivity index (χ1) is 7.95. The van der Waals surface area contributed by atoms with Crippen LogP contribution in [0.5, 0.6) is 0 Å². The smallest absolute Gasteiger partial charge is 0.147 e. The van der Waals surface area contributed by atoms with Gasteiger partial charge in [0.25, 0.3) is 0 Å². The van der Waals surface area contributed by atoms with E-state index < -0.39 is 15.9 Å². The van der Waals surface area contributed by atoms with E-state index in [1.807, 2.05) is 0 Å². The summed E-state index contributed by atoms with van der Waals surface area (Å²) in [6, 6.07) is 0. The number of ether oxygens (including phenoxy) is 2. The van der Waals surface area contributed by atoms with E-state index in [4.69, 9.17) is 9.47 Å². The molecule has 6 nitrogen and oxygen atoms in total. The largest absolute Gasteiger partial charge is 0.389 e. The van der Waals surface area contributed by atoms with E-state index in [0.717, 1.165) is 0 Å². The van der Waals surface area contributed by atoms with E-state index in [9.17, 15) is 13.5 Å². The highest BCUT2D eigenvalue weighted by atomic mass is 32.2. The molecular weight excluding hydrogens is 246 g/mol. The molecule has 0 rings (SSSR count). The third-order valence-corrected chi connectivity index (χ3v) is 3.02. The number of hydrogen-bond acceptors (Lipinski definition) is 6. The van der Waals surface area contributed by atoms with Crippen molar-refractivity contribution in [3.8, 4) is 0 Å². The van der Waals surface area contributed by atoms with Crippen molar-refractivity contribution in [3.63, 3.8) is 0 Å². The maximum absolute atomic E-state index is 10.8. The number of methoxy groups -OCH3 is 1. The minimum Gasteiger partial charge on any atom is -0.389 e. The fraction of sp³-hybridized carbons (Fsp3) is 1.00. The van der Waals surface area contributed by atoms with Crippen molar-refractivity contribution in [2.45, 2.75) is 12.5 Å². The van der Waals surface area contributed by atoms with Crippen molar-refractivity contribution >= 4 is 9.84 Å². The molecule has 0 aliphatic heterocycles. The normalized spacial score (nSPS) is 13.8. The average Bonchev–Trinajstić information content (AvgIpc) is 2.22. The Bertz CT molecular complexity index is 268. The SMILES string of the molecule is COCCOCC(O)CNCCCS(C)(=O)=O. The van der Waals surface area contributed by atoms with Crippen LogP contribution in [0.15, 0.2) is 0 Å². The van der Waals surface area contributed by atoms with Gasteiger partial charge < -0.3 is 19.9 Å². The fourth-order valence-electron chi connectivity index (χ4n) is 1.15. The molecule has 7 heteroatoms. The molecule has 1 atom stereocenters. The van der Waals surface area contributed by atoms with Gasteiger partial charge in [0.05, 0.1) is 31.7 Å². The van der Waals surface area contributed by atoms with Gasteiger partial charge in [-0.1, -0.05) is 0 Å². The Morgan fingerprint density at radius 1 is 1.35 bits per heavy atom. The Labute approximate surface area is 103 Å². The first kappa shape index (κ1) is 16.8. The molecule has 0 aromatic heterocycles. The highest BCUT2D eigenvalue weighted by Crippen LogP contribution is 1.88. The lowest BCUT2D eigenvalue weighted by molar-refractivity contribution is 0.0139. The van der Waals surface area contributed by atoms with Crippen LogP contribution in [0.4, 0.5) is 0 Å². The molecule has 0 amide bonds. The van der Waals surface area contributed by atoms with Crippen molar-refractivity contribution in [3.05, 3.63) is 0 Å². The van der Waals surface area contributed by atoms with Gasteiger partial charge in [0.15, 0.2) is 0 Å². The van der Waals surface area contributed by atoms with Crippen LogP contribution in [0.25, 0.3) is 0 Å². The maximum atomic E-state index is 10.8. The highest BCUT2D eigenvalue weighted by molar-refractivity contribution is 7.90. The minimum atomic E-state index is -2.89. The van der Waals surface area contributed by atoms with Crippen LogP contribution in [0, 0.1) is 0 Å². The quantitative estimate of drug-likeness (QED) is 0.470. The zero-order valence-electron chi connectivity index (χ0n) is 10.5. The molecule has 0 aliphatic rings. The molecule has 0 bridgehead atoms. The second-order valence-corrected chi connectivity index (χ2v) is 6.17. The summed E-state index contributed by atoms with van der Waals surface area (Å²) >= 11 is 0. The molecule has 2 N–H and O–H groups in total. The molecule has 0 aromatic carbocycles. The van der Waals surface area contributed by atoms with Crippen LogP contribution < -0.4 is 5.32 Å². The lowest BCUT2D eigenvalue weighted by Crippen LogP contribution is -2.32. The van der Waals surface area contributed by atoms with Gasteiger partial charge in [-0.3, -0.25) is 0 Å². The summed E-state index contributed by atoms with van der Waals surface area (Å²) in [5.74, 6) is 0.167. The van der Waals surface area contributed by atoms with Crippen molar-refractivity contribution in [2.75, 3.05) is 52.0 Å². The van der Waals surface area contributed by atoms with E-state index in [1.54, 1.807) is 7.11 Å². The molecule has 17 heavy (non-hydrogen) atoms. The Hall–Kier alpha value is -0.210. The van der Waals surface area contributed by atoms with Crippen LogP contribution in [0.1, 0.15) is 6.42 Å². The Balaban J connectivity index is 3.30. The van der Waals surface area contributed by atoms with Gasteiger partial charge in [0.1, 0.15) is 9.84 Å². The number of nitrogens with one attached hydrogen (secondary N) is 1. The lowest BCUT2D eigenvalue weighted by atomic mass is 10.3. The van der Waals surface area contributed by atoms with Gasteiger partial charge >= 0.3 is 0 Å². The van der Waals surface area contributed by atoms with E-state index in [-0.39, 0.29) is 12.4 Å². The molecular formula is C10H23NO5S. The van der Waals surface area contributed by atoms with Gasteiger partial charge in [-0.15, -0.1) is 0 Å². The van der Waals surface area contributed by atoms with Gasteiger partial charge in [-0.2, -0.15) is 0 Å². The molecule has 0 radical (unpaired) electrons. The van der Waals surface area contributed by atoms with Crippen LogP contribution in [0.3, 0.4) is 0 Å². The van der Waals surface area contributed by atoms with Gasteiger partial charge in [0, 0.05) is 19.9 Å². The fourth-order valence-corrected chi connectivity index (χ4v) is 1.82.